The number of rotatable bonds is 4. The second kappa shape index (κ2) is 5.59. The predicted molar refractivity (Wildman–Crippen MR) is 70.1 cm³/mol. The molecule has 2 aromatic rings. The number of hydrogen-bond acceptors (Lipinski definition) is 3. The van der Waals surface area contributed by atoms with Gasteiger partial charge in [-0.05, 0) is 36.2 Å². The summed E-state index contributed by atoms with van der Waals surface area (Å²) >= 11 is 0. The summed E-state index contributed by atoms with van der Waals surface area (Å²) in [5.41, 5.74) is 7.53. The van der Waals surface area contributed by atoms with Crippen molar-refractivity contribution in [3.8, 4) is 0 Å². The third kappa shape index (κ3) is 3.14. The normalized spacial score (nSPS) is 12.2. The lowest BCUT2D eigenvalue weighted by atomic mass is 10.2. The van der Waals surface area contributed by atoms with E-state index in [0.29, 0.717) is 11.4 Å². The van der Waals surface area contributed by atoms with Crippen LogP contribution in [0.1, 0.15) is 5.56 Å². The van der Waals surface area contributed by atoms with Crippen molar-refractivity contribution in [2.45, 2.75) is 11.3 Å². The van der Waals surface area contributed by atoms with Crippen molar-refractivity contribution in [1.82, 2.24) is 4.98 Å². The molecule has 4 heteroatoms. The van der Waals surface area contributed by atoms with Crippen LogP contribution in [0.3, 0.4) is 0 Å². The van der Waals surface area contributed by atoms with Crippen molar-refractivity contribution < 1.29 is 4.21 Å². The van der Waals surface area contributed by atoms with Gasteiger partial charge in [0.2, 0.25) is 0 Å². The summed E-state index contributed by atoms with van der Waals surface area (Å²) in [7, 11) is -1.04. The molecule has 1 atom stereocenters. The van der Waals surface area contributed by atoms with Crippen LogP contribution < -0.4 is 5.73 Å². The Morgan fingerprint density at radius 1 is 1.12 bits per heavy atom. The number of nitrogen functional groups attached to an aromatic ring is 1. The number of aromatic nitrogens is 1. The molecule has 17 heavy (non-hydrogen) atoms. The minimum atomic E-state index is -1.04. The quantitative estimate of drug-likeness (QED) is 0.840. The standard InChI is InChI=1S/C13H14N2OS/c14-12-3-1-2-4-13(12)17(16)10-7-11-5-8-15-9-6-11/h1-6,8-9H,7,10,14H2. The second-order valence-electron chi connectivity index (χ2n) is 3.69. The minimum absolute atomic E-state index is 0.582. The molecule has 2 rings (SSSR count). The van der Waals surface area contributed by atoms with Crippen molar-refractivity contribution in [3.05, 3.63) is 54.4 Å². The second-order valence-corrected chi connectivity index (χ2v) is 5.23. The van der Waals surface area contributed by atoms with Gasteiger partial charge in [0.1, 0.15) is 0 Å². The molecule has 0 saturated carbocycles. The van der Waals surface area contributed by atoms with Gasteiger partial charge in [0, 0.05) is 23.8 Å². The molecule has 2 N–H and O–H groups in total. The fraction of sp³-hybridized carbons (Fsp3) is 0.154. The van der Waals surface area contributed by atoms with E-state index in [9.17, 15) is 4.21 Å². The maximum atomic E-state index is 12.1. The zero-order chi connectivity index (χ0) is 12.1. The number of pyridine rings is 1. The van der Waals surface area contributed by atoms with Crippen LogP contribution in [0.2, 0.25) is 0 Å². The van der Waals surface area contributed by atoms with Crippen LogP contribution >= 0.6 is 0 Å². The molecule has 3 nitrogen and oxygen atoms in total. The Bertz CT molecular complexity index is 514. The summed E-state index contributed by atoms with van der Waals surface area (Å²) in [6.45, 7) is 0. The average molecular weight is 246 g/mol. The van der Waals surface area contributed by atoms with E-state index in [1.165, 1.54) is 0 Å². The Morgan fingerprint density at radius 2 is 1.82 bits per heavy atom. The molecule has 1 heterocycles. The first kappa shape index (κ1) is 11.8. The molecular weight excluding hydrogens is 232 g/mol. The SMILES string of the molecule is Nc1ccccc1S(=O)CCc1ccncc1. The summed E-state index contributed by atoms with van der Waals surface area (Å²) in [5, 5.41) is 0. The Labute approximate surface area is 103 Å². The Hall–Kier alpha value is -1.68. The summed E-state index contributed by atoms with van der Waals surface area (Å²) in [4.78, 5) is 4.67. The van der Waals surface area contributed by atoms with E-state index in [1.54, 1.807) is 18.5 Å². The third-order valence-corrected chi connectivity index (χ3v) is 3.93. The molecule has 1 aromatic carbocycles. The van der Waals surface area contributed by atoms with Gasteiger partial charge in [-0.3, -0.25) is 9.19 Å². The van der Waals surface area contributed by atoms with E-state index in [1.807, 2.05) is 30.3 Å². The molecule has 0 aliphatic heterocycles. The van der Waals surface area contributed by atoms with Gasteiger partial charge >= 0.3 is 0 Å². The Balaban J connectivity index is 2.01. The summed E-state index contributed by atoms with van der Waals surface area (Å²) in [6, 6.07) is 11.2. The smallest absolute Gasteiger partial charge is 0.0617 e. The van der Waals surface area contributed by atoms with E-state index in [2.05, 4.69) is 4.98 Å². The average Bonchev–Trinajstić information content (AvgIpc) is 2.38. The van der Waals surface area contributed by atoms with Gasteiger partial charge in [0.15, 0.2) is 0 Å². The monoisotopic (exact) mass is 246 g/mol. The first-order valence-electron chi connectivity index (χ1n) is 5.39. The highest BCUT2D eigenvalue weighted by Crippen LogP contribution is 2.16. The fourth-order valence-corrected chi connectivity index (χ4v) is 2.76. The van der Waals surface area contributed by atoms with Gasteiger partial charge < -0.3 is 5.73 Å². The van der Waals surface area contributed by atoms with Crippen molar-refractivity contribution in [2.75, 3.05) is 11.5 Å². The van der Waals surface area contributed by atoms with Crippen LogP contribution in [0.5, 0.6) is 0 Å². The van der Waals surface area contributed by atoms with Gasteiger partial charge in [-0.15, -0.1) is 0 Å². The maximum Gasteiger partial charge on any atom is 0.0617 e. The lowest BCUT2D eigenvalue weighted by Gasteiger charge is -2.05. The zero-order valence-electron chi connectivity index (χ0n) is 9.37. The molecule has 0 spiro atoms. The first-order valence-corrected chi connectivity index (χ1v) is 6.71. The van der Waals surface area contributed by atoms with Gasteiger partial charge in [0.25, 0.3) is 0 Å². The molecular formula is C13H14N2OS. The van der Waals surface area contributed by atoms with Crippen LogP contribution in [0.4, 0.5) is 5.69 Å². The molecule has 1 aromatic heterocycles. The van der Waals surface area contributed by atoms with Gasteiger partial charge in [-0.2, -0.15) is 0 Å². The van der Waals surface area contributed by atoms with Crippen LogP contribution in [-0.4, -0.2) is 14.9 Å². The molecule has 0 saturated heterocycles. The summed E-state index contributed by atoms with van der Waals surface area (Å²) in [5.74, 6) is 0.582. The highest BCUT2D eigenvalue weighted by molar-refractivity contribution is 7.85. The molecule has 0 fully saturated rings. The number of para-hydroxylation sites is 1. The van der Waals surface area contributed by atoms with Crippen molar-refractivity contribution in [3.63, 3.8) is 0 Å². The highest BCUT2D eigenvalue weighted by Gasteiger charge is 2.07. The maximum absolute atomic E-state index is 12.1. The largest absolute Gasteiger partial charge is 0.398 e. The van der Waals surface area contributed by atoms with E-state index >= 15 is 0 Å². The van der Waals surface area contributed by atoms with E-state index < -0.39 is 10.8 Å². The van der Waals surface area contributed by atoms with Gasteiger partial charge in [0.05, 0.1) is 15.7 Å². The molecule has 0 bridgehead atoms. The van der Waals surface area contributed by atoms with Crippen LogP contribution in [-0.2, 0) is 17.2 Å². The van der Waals surface area contributed by atoms with Crippen molar-refractivity contribution >= 4 is 16.5 Å². The molecule has 88 valence electrons. The van der Waals surface area contributed by atoms with E-state index in [-0.39, 0.29) is 0 Å². The number of hydrogen-bond donors (Lipinski definition) is 1. The van der Waals surface area contributed by atoms with Gasteiger partial charge in [-0.25, -0.2) is 0 Å². The number of anilines is 1. The lowest BCUT2D eigenvalue weighted by molar-refractivity contribution is 0.682. The molecule has 1 unspecified atom stereocenters. The fourth-order valence-electron chi connectivity index (χ4n) is 1.56. The third-order valence-electron chi connectivity index (χ3n) is 2.49. The van der Waals surface area contributed by atoms with E-state index in [4.69, 9.17) is 5.73 Å². The molecule has 0 amide bonds. The summed E-state index contributed by atoms with van der Waals surface area (Å²) < 4.78 is 12.1. The Morgan fingerprint density at radius 3 is 2.53 bits per heavy atom. The van der Waals surface area contributed by atoms with Crippen LogP contribution in [0.25, 0.3) is 0 Å². The molecule has 0 aliphatic rings. The highest BCUT2D eigenvalue weighted by atomic mass is 32.2. The van der Waals surface area contributed by atoms with Crippen molar-refractivity contribution in [2.24, 2.45) is 0 Å². The van der Waals surface area contributed by atoms with Crippen LogP contribution in [0.15, 0.2) is 53.7 Å². The minimum Gasteiger partial charge on any atom is -0.398 e. The molecule has 0 aliphatic carbocycles. The first-order chi connectivity index (χ1) is 8.27. The number of nitrogens with two attached hydrogens (primary N) is 1. The van der Waals surface area contributed by atoms with E-state index in [0.717, 1.165) is 16.9 Å². The van der Waals surface area contributed by atoms with Crippen molar-refractivity contribution in [1.29, 1.82) is 0 Å². The predicted octanol–water partition coefficient (Wildman–Crippen LogP) is 2.01. The topological polar surface area (TPSA) is 56.0 Å². The zero-order valence-corrected chi connectivity index (χ0v) is 10.2. The van der Waals surface area contributed by atoms with Gasteiger partial charge in [-0.1, -0.05) is 12.1 Å². The summed E-state index contributed by atoms with van der Waals surface area (Å²) in [6.07, 6.45) is 4.26. The number of benzene rings is 1. The number of nitrogens with zero attached hydrogens (tertiary/aromatic N) is 1. The lowest BCUT2D eigenvalue weighted by Crippen LogP contribution is -2.04. The van der Waals surface area contributed by atoms with Crippen LogP contribution in [0, 0.1) is 0 Å². The number of aryl methyl sites for hydroxylation is 1. The molecule has 0 radical (unpaired) electrons. The Kier molecular flexibility index (Phi) is 3.88.